The van der Waals surface area contributed by atoms with Crippen molar-refractivity contribution in [2.75, 3.05) is 20.6 Å². The highest BCUT2D eigenvalue weighted by atomic mass is 35.5. The highest BCUT2D eigenvalue weighted by Gasteiger charge is 2.18. The van der Waals surface area contributed by atoms with Gasteiger partial charge in [-0.2, -0.15) is 0 Å². The van der Waals surface area contributed by atoms with Gasteiger partial charge >= 0.3 is 0 Å². The molecule has 0 unspecified atom stereocenters. The van der Waals surface area contributed by atoms with Crippen molar-refractivity contribution in [1.29, 1.82) is 0 Å². The van der Waals surface area contributed by atoms with Gasteiger partial charge in [0.2, 0.25) is 0 Å². The molecule has 13 heavy (non-hydrogen) atoms. The van der Waals surface area contributed by atoms with E-state index in [1.807, 2.05) is 0 Å². The van der Waals surface area contributed by atoms with Crippen LogP contribution >= 0.6 is 24.8 Å². The molecular weight excluding hydrogens is 207 g/mol. The second kappa shape index (κ2) is 7.86. The zero-order chi connectivity index (χ0) is 8.27. The molecule has 1 aliphatic carbocycles. The minimum absolute atomic E-state index is 0. The maximum absolute atomic E-state index is 5.81. The predicted molar refractivity (Wildman–Crippen MR) is 63.0 cm³/mol. The van der Waals surface area contributed by atoms with Gasteiger partial charge in [-0.1, -0.05) is 0 Å². The standard InChI is InChI=1S/C9H20N2.2ClH/c1-11(2)7-8-3-5-9(10)6-4-8;;/h8-9H,3-7,10H2,1-2H3;2*1H/t8-,9-;;. The lowest BCUT2D eigenvalue weighted by Crippen LogP contribution is -2.31. The highest BCUT2D eigenvalue weighted by Crippen LogP contribution is 2.23. The average molecular weight is 229 g/mol. The molecule has 2 nitrogen and oxygen atoms in total. The van der Waals surface area contributed by atoms with E-state index in [0.29, 0.717) is 6.04 Å². The second-order valence-electron chi connectivity index (χ2n) is 4.04. The number of nitrogens with zero attached hydrogens (tertiary/aromatic N) is 1. The van der Waals surface area contributed by atoms with Crippen LogP contribution < -0.4 is 5.73 Å². The first-order chi connectivity index (χ1) is 5.18. The lowest BCUT2D eigenvalue weighted by molar-refractivity contribution is 0.250. The maximum Gasteiger partial charge on any atom is 0.00390 e. The summed E-state index contributed by atoms with van der Waals surface area (Å²) in [5.74, 6) is 0.907. The second-order valence-corrected chi connectivity index (χ2v) is 4.04. The molecule has 0 aliphatic heterocycles. The van der Waals surface area contributed by atoms with Crippen molar-refractivity contribution in [2.24, 2.45) is 11.7 Å². The third-order valence-electron chi connectivity index (χ3n) is 2.51. The molecule has 0 aromatic carbocycles. The predicted octanol–water partition coefficient (Wildman–Crippen LogP) is 1.91. The van der Waals surface area contributed by atoms with Gasteiger partial charge in [0.25, 0.3) is 0 Å². The highest BCUT2D eigenvalue weighted by molar-refractivity contribution is 5.85. The minimum atomic E-state index is 0. The molecule has 0 spiro atoms. The van der Waals surface area contributed by atoms with Crippen LogP contribution in [0.5, 0.6) is 0 Å². The van der Waals surface area contributed by atoms with Gasteiger partial charge in [-0.15, -0.1) is 24.8 Å². The molecular formula is C9H22Cl2N2. The molecule has 0 atom stereocenters. The van der Waals surface area contributed by atoms with Crippen molar-refractivity contribution in [3.05, 3.63) is 0 Å². The molecule has 0 saturated heterocycles. The lowest BCUT2D eigenvalue weighted by Gasteiger charge is -2.28. The van der Waals surface area contributed by atoms with Crippen LogP contribution in [0, 0.1) is 5.92 Å². The summed E-state index contributed by atoms with van der Waals surface area (Å²) in [6, 6.07) is 0.494. The first-order valence-corrected chi connectivity index (χ1v) is 4.59. The van der Waals surface area contributed by atoms with Gasteiger partial charge < -0.3 is 10.6 Å². The van der Waals surface area contributed by atoms with E-state index in [-0.39, 0.29) is 24.8 Å². The van der Waals surface area contributed by atoms with Gasteiger partial charge in [0.15, 0.2) is 0 Å². The van der Waals surface area contributed by atoms with E-state index >= 15 is 0 Å². The molecule has 0 aromatic heterocycles. The van der Waals surface area contributed by atoms with E-state index in [1.165, 1.54) is 32.2 Å². The normalized spacial score (nSPS) is 27.7. The Bertz CT molecular complexity index is 112. The largest absolute Gasteiger partial charge is 0.328 e. The molecule has 0 amide bonds. The number of rotatable bonds is 2. The van der Waals surface area contributed by atoms with Gasteiger partial charge in [-0.05, 0) is 45.7 Å². The molecule has 4 heteroatoms. The van der Waals surface area contributed by atoms with Gasteiger partial charge in [0.05, 0.1) is 0 Å². The summed E-state index contributed by atoms with van der Waals surface area (Å²) < 4.78 is 0. The summed E-state index contributed by atoms with van der Waals surface area (Å²) in [5, 5.41) is 0. The van der Waals surface area contributed by atoms with Crippen LogP contribution in [0.1, 0.15) is 25.7 Å². The maximum atomic E-state index is 5.81. The van der Waals surface area contributed by atoms with E-state index in [0.717, 1.165) is 5.92 Å². The fourth-order valence-electron chi connectivity index (χ4n) is 1.89. The fourth-order valence-corrected chi connectivity index (χ4v) is 1.89. The molecule has 1 saturated carbocycles. The lowest BCUT2D eigenvalue weighted by atomic mass is 9.86. The molecule has 0 aromatic rings. The Morgan fingerprint density at radius 3 is 1.92 bits per heavy atom. The summed E-state index contributed by atoms with van der Waals surface area (Å²) in [6.45, 7) is 1.24. The van der Waals surface area contributed by atoms with Crippen molar-refractivity contribution < 1.29 is 0 Å². The Hall–Kier alpha value is 0.500. The van der Waals surface area contributed by atoms with E-state index in [1.54, 1.807) is 0 Å². The van der Waals surface area contributed by atoms with Crippen LogP contribution in [-0.2, 0) is 0 Å². The number of hydrogen-bond acceptors (Lipinski definition) is 2. The summed E-state index contributed by atoms with van der Waals surface area (Å²) >= 11 is 0. The van der Waals surface area contributed by atoms with Crippen molar-refractivity contribution >= 4 is 24.8 Å². The summed E-state index contributed by atoms with van der Waals surface area (Å²) in [7, 11) is 4.29. The first-order valence-electron chi connectivity index (χ1n) is 4.59. The van der Waals surface area contributed by atoms with Crippen LogP contribution in [-0.4, -0.2) is 31.6 Å². The van der Waals surface area contributed by atoms with Crippen molar-refractivity contribution in [3.8, 4) is 0 Å². The first kappa shape index (κ1) is 15.9. The van der Waals surface area contributed by atoms with Crippen molar-refractivity contribution in [1.82, 2.24) is 4.90 Å². The monoisotopic (exact) mass is 228 g/mol. The Morgan fingerprint density at radius 1 is 1.08 bits per heavy atom. The Labute approximate surface area is 94.1 Å². The average Bonchev–Trinajstić information content (AvgIpc) is 1.93. The molecule has 0 heterocycles. The summed E-state index contributed by atoms with van der Waals surface area (Å²) in [6.07, 6.45) is 5.13. The number of hydrogen-bond donors (Lipinski definition) is 1. The van der Waals surface area contributed by atoms with E-state index in [4.69, 9.17) is 5.73 Å². The topological polar surface area (TPSA) is 29.3 Å². The van der Waals surface area contributed by atoms with Gasteiger partial charge in [0, 0.05) is 12.6 Å². The van der Waals surface area contributed by atoms with E-state index in [9.17, 15) is 0 Å². The molecule has 82 valence electrons. The molecule has 1 rings (SSSR count). The molecule has 0 radical (unpaired) electrons. The Balaban J connectivity index is 0. The van der Waals surface area contributed by atoms with Crippen molar-refractivity contribution in [3.63, 3.8) is 0 Å². The van der Waals surface area contributed by atoms with Crippen molar-refractivity contribution in [2.45, 2.75) is 31.7 Å². The molecule has 0 bridgehead atoms. The zero-order valence-corrected chi connectivity index (χ0v) is 10.2. The van der Waals surface area contributed by atoms with Gasteiger partial charge in [-0.3, -0.25) is 0 Å². The Kier molecular flexibility index (Phi) is 9.65. The van der Waals surface area contributed by atoms with Crippen LogP contribution in [0.15, 0.2) is 0 Å². The fraction of sp³-hybridized carbons (Fsp3) is 1.00. The van der Waals surface area contributed by atoms with E-state index < -0.39 is 0 Å². The molecule has 2 N–H and O–H groups in total. The molecule has 1 aliphatic rings. The molecule has 1 fully saturated rings. The van der Waals surface area contributed by atoms with Crippen LogP contribution in [0.25, 0.3) is 0 Å². The minimum Gasteiger partial charge on any atom is -0.328 e. The third-order valence-corrected chi connectivity index (χ3v) is 2.51. The summed E-state index contributed by atoms with van der Waals surface area (Å²) in [4.78, 5) is 2.28. The SMILES string of the molecule is CN(C)C[C@H]1CC[C@H](N)CC1.Cl.Cl. The van der Waals surface area contributed by atoms with E-state index in [2.05, 4.69) is 19.0 Å². The smallest absolute Gasteiger partial charge is 0.00390 e. The van der Waals surface area contributed by atoms with Crippen LogP contribution in [0.4, 0.5) is 0 Å². The quantitative estimate of drug-likeness (QED) is 0.783. The summed E-state index contributed by atoms with van der Waals surface area (Å²) in [5.41, 5.74) is 5.81. The van der Waals surface area contributed by atoms with Crippen LogP contribution in [0.3, 0.4) is 0 Å². The van der Waals surface area contributed by atoms with Gasteiger partial charge in [-0.25, -0.2) is 0 Å². The number of halogens is 2. The van der Waals surface area contributed by atoms with Gasteiger partial charge in [0.1, 0.15) is 0 Å². The Morgan fingerprint density at radius 2 is 1.54 bits per heavy atom. The van der Waals surface area contributed by atoms with Crippen LogP contribution in [0.2, 0.25) is 0 Å². The zero-order valence-electron chi connectivity index (χ0n) is 8.53. The third kappa shape index (κ3) is 6.55. The number of nitrogens with two attached hydrogens (primary N) is 1.